The Morgan fingerprint density at radius 2 is 2.24 bits per heavy atom. The van der Waals surface area contributed by atoms with E-state index < -0.39 is 0 Å². The van der Waals surface area contributed by atoms with Crippen LogP contribution in [0.3, 0.4) is 0 Å². The Morgan fingerprint density at radius 1 is 1.41 bits per heavy atom. The first kappa shape index (κ1) is 12.6. The number of aromatic nitrogens is 1. The van der Waals surface area contributed by atoms with E-state index in [1.807, 2.05) is 6.20 Å². The minimum atomic E-state index is 0.597. The Bertz CT molecular complexity index is 360. The van der Waals surface area contributed by atoms with Gasteiger partial charge in [0.1, 0.15) is 0 Å². The van der Waals surface area contributed by atoms with E-state index in [0.717, 1.165) is 5.92 Å². The molecule has 0 aromatic carbocycles. The monoisotopic (exact) mass is 232 g/mol. The molecule has 94 valence electrons. The van der Waals surface area contributed by atoms with Gasteiger partial charge in [-0.2, -0.15) is 0 Å². The number of piperidine rings is 1. The van der Waals surface area contributed by atoms with E-state index in [1.54, 1.807) is 0 Å². The maximum Gasteiger partial charge on any atom is 0.0366 e. The van der Waals surface area contributed by atoms with Gasteiger partial charge in [-0.25, -0.2) is 0 Å². The molecular weight excluding hydrogens is 208 g/mol. The zero-order chi connectivity index (χ0) is 12.3. The lowest BCUT2D eigenvalue weighted by molar-refractivity contribution is 0.131. The number of hydrogen-bond acceptors (Lipinski definition) is 2. The number of rotatable bonds is 3. The van der Waals surface area contributed by atoms with Crippen molar-refractivity contribution in [2.75, 3.05) is 13.1 Å². The fourth-order valence-electron chi connectivity index (χ4n) is 2.86. The fraction of sp³-hybridized carbons (Fsp3) is 0.667. The summed E-state index contributed by atoms with van der Waals surface area (Å²) in [6, 6.07) is 2.73. The van der Waals surface area contributed by atoms with Crippen LogP contribution in [0.1, 0.15) is 50.3 Å². The van der Waals surface area contributed by atoms with Gasteiger partial charge >= 0.3 is 0 Å². The first-order valence-electron chi connectivity index (χ1n) is 6.83. The Morgan fingerprint density at radius 3 is 2.94 bits per heavy atom. The maximum absolute atomic E-state index is 4.31. The molecule has 0 aliphatic carbocycles. The number of pyridine rings is 1. The predicted octanol–water partition coefficient (Wildman–Crippen LogP) is 3.57. The zero-order valence-corrected chi connectivity index (χ0v) is 11.3. The van der Waals surface area contributed by atoms with Gasteiger partial charge < -0.3 is 0 Å². The SMILES string of the molecule is Cc1ccncc1[C@H]1CCCCN1CC(C)C. The van der Waals surface area contributed by atoms with E-state index in [9.17, 15) is 0 Å². The molecule has 0 bridgehead atoms. The molecule has 1 aliphatic heterocycles. The van der Waals surface area contributed by atoms with Gasteiger partial charge in [-0.05, 0) is 49.4 Å². The molecule has 0 radical (unpaired) electrons. The molecule has 1 atom stereocenters. The lowest BCUT2D eigenvalue weighted by Gasteiger charge is -2.37. The fourth-order valence-corrected chi connectivity index (χ4v) is 2.86. The van der Waals surface area contributed by atoms with Crippen LogP contribution in [0.25, 0.3) is 0 Å². The summed E-state index contributed by atoms with van der Waals surface area (Å²) in [4.78, 5) is 6.96. The van der Waals surface area contributed by atoms with E-state index in [-0.39, 0.29) is 0 Å². The molecule has 2 heteroatoms. The summed E-state index contributed by atoms with van der Waals surface area (Å²) in [5, 5.41) is 0. The van der Waals surface area contributed by atoms with E-state index in [1.165, 1.54) is 43.5 Å². The van der Waals surface area contributed by atoms with Crippen molar-refractivity contribution in [3.63, 3.8) is 0 Å². The third-order valence-electron chi connectivity index (χ3n) is 3.65. The summed E-state index contributed by atoms with van der Waals surface area (Å²) in [6.45, 7) is 9.28. The number of likely N-dealkylation sites (tertiary alicyclic amines) is 1. The van der Waals surface area contributed by atoms with Crippen molar-refractivity contribution in [1.82, 2.24) is 9.88 Å². The maximum atomic E-state index is 4.31. The van der Waals surface area contributed by atoms with Crippen molar-refractivity contribution in [2.45, 2.75) is 46.1 Å². The van der Waals surface area contributed by atoms with Crippen LogP contribution in [0.4, 0.5) is 0 Å². The van der Waals surface area contributed by atoms with Crippen molar-refractivity contribution in [3.8, 4) is 0 Å². The van der Waals surface area contributed by atoms with Gasteiger partial charge in [0.15, 0.2) is 0 Å². The van der Waals surface area contributed by atoms with Crippen molar-refractivity contribution < 1.29 is 0 Å². The predicted molar refractivity (Wildman–Crippen MR) is 72.0 cm³/mol. The normalized spacial score (nSPS) is 22.0. The van der Waals surface area contributed by atoms with Gasteiger partial charge in [0.05, 0.1) is 0 Å². The smallest absolute Gasteiger partial charge is 0.0366 e. The molecule has 0 spiro atoms. The van der Waals surface area contributed by atoms with Crippen LogP contribution in [0.2, 0.25) is 0 Å². The van der Waals surface area contributed by atoms with Crippen LogP contribution in [0.5, 0.6) is 0 Å². The molecule has 1 fully saturated rings. The average molecular weight is 232 g/mol. The van der Waals surface area contributed by atoms with E-state index in [0.29, 0.717) is 6.04 Å². The summed E-state index contributed by atoms with van der Waals surface area (Å²) < 4.78 is 0. The summed E-state index contributed by atoms with van der Waals surface area (Å²) in [5.41, 5.74) is 2.83. The Labute approximate surface area is 105 Å². The molecule has 0 amide bonds. The van der Waals surface area contributed by atoms with E-state index >= 15 is 0 Å². The van der Waals surface area contributed by atoms with Gasteiger partial charge in [0.25, 0.3) is 0 Å². The minimum absolute atomic E-state index is 0.597. The van der Waals surface area contributed by atoms with Crippen LogP contribution in [0, 0.1) is 12.8 Å². The van der Waals surface area contributed by atoms with Crippen LogP contribution < -0.4 is 0 Å². The van der Waals surface area contributed by atoms with Crippen molar-refractivity contribution >= 4 is 0 Å². The van der Waals surface area contributed by atoms with Crippen LogP contribution in [0.15, 0.2) is 18.5 Å². The van der Waals surface area contributed by atoms with Crippen LogP contribution >= 0.6 is 0 Å². The van der Waals surface area contributed by atoms with Crippen molar-refractivity contribution in [1.29, 1.82) is 0 Å². The van der Waals surface area contributed by atoms with Crippen molar-refractivity contribution in [2.24, 2.45) is 5.92 Å². The topological polar surface area (TPSA) is 16.1 Å². The highest BCUT2D eigenvalue weighted by Gasteiger charge is 2.25. The van der Waals surface area contributed by atoms with E-state index in [4.69, 9.17) is 0 Å². The molecule has 2 nitrogen and oxygen atoms in total. The summed E-state index contributed by atoms with van der Waals surface area (Å²) >= 11 is 0. The highest BCUT2D eigenvalue weighted by atomic mass is 15.2. The second kappa shape index (κ2) is 5.63. The highest BCUT2D eigenvalue weighted by Crippen LogP contribution is 2.32. The van der Waals surface area contributed by atoms with Gasteiger partial charge in [-0.15, -0.1) is 0 Å². The largest absolute Gasteiger partial charge is 0.296 e. The van der Waals surface area contributed by atoms with Gasteiger partial charge in [-0.3, -0.25) is 9.88 Å². The molecule has 17 heavy (non-hydrogen) atoms. The third kappa shape index (κ3) is 3.06. The summed E-state index contributed by atoms with van der Waals surface area (Å²) in [5.74, 6) is 0.743. The summed E-state index contributed by atoms with van der Waals surface area (Å²) in [6.07, 6.45) is 7.96. The molecule has 0 saturated carbocycles. The lowest BCUT2D eigenvalue weighted by atomic mass is 9.93. The standard InChI is InChI=1S/C15H24N2/c1-12(2)11-17-9-5-4-6-15(17)14-10-16-8-7-13(14)3/h7-8,10,12,15H,4-6,9,11H2,1-3H3/t15-/m1/s1. The Hall–Kier alpha value is -0.890. The lowest BCUT2D eigenvalue weighted by Crippen LogP contribution is -2.36. The molecule has 1 aromatic rings. The van der Waals surface area contributed by atoms with Gasteiger partial charge in [0.2, 0.25) is 0 Å². The molecular formula is C15H24N2. The number of aryl methyl sites for hydroxylation is 1. The quantitative estimate of drug-likeness (QED) is 0.792. The molecule has 1 aliphatic rings. The zero-order valence-electron chi connectivity index (χ0n) is 11.3. The van der Waals surface area contributed by atoms with Crippen LogP contribution in [-0.4, -0.2) is 23.0 Å². The van der Waals surface area contributed by atoms with Crippen LogP contribution in [-0.2, 0) is 0 Å². The first-order chi connectivity index (χ1) is 8.18. The van der Waals surface area contributed by atoms with Gasteiger partial charge in [-0.1, -0.05) is 20.3 Å². The second-order valence-corrected chi connectivity index (χ2v) is 5.63. The Balaban J connectivity index is 2.19. The van der Waals surface area contributed by atoms with Gasteiger partial charge in [0, 0.05) is 25.0 Å². The minimum Gasteiger partial charge on any atom is -0.296 e. The molecule has 0 unspecified atom stereocenters. The molecule has 0 N–H and O–H groups in total. The molecule has 1 aromatic heterocycles. The number of nitrogens with zero attached hydrogens (tertiary/aromatic N) is 2. The molecule has 2 heterocycles. The molecule has 1 saturated heterocycles. The second-order valence-electron chi connectivity index (χ2n) is 5.63. The third-order valence-corrected chi connectivity index (χ3v) is 3.65. The average Bonchev–Trinajstić information content (AvgIpc) is 2.30. The summed E-state index contributed by atoms with van der Waals surface area (Å²) in [7, 11) is 0. The first-order valence-corrected chi connectivity index (χ1v) is 6.83. The Kier molecular flexibility index (Phi) is 4.16. The molecule has 2 rings (SSSR count). The highest BCUT2D eigenvalue weighted by molar-refractivity contribution is 5.25. The van der Waals surface area contributed by atoms with Crippen molar-refractivity contribution in [3.05, 3.63) is 29.6 Å². The van der Waals surface area contributed by atoms with E-state index in [2.05, 4.69) is 42.9 Å². The number of hydrogen-bond donors (Lipinski definition) is 0.